The highest BCUT2D eigenvalue weighted by Gasteiger charge is 2.12. The van der Waals surface area contributed by atoms with E-state index in [1.165, 1.54) is 11.1 Å². The average molecular weight is 266 g/mol. The molecule has 1 N–H and O–H groups in total. The number of ether oxygens (including phenoxy) is 1. The van der Waals surface area contributed by atoms with Gasteiger partial charge >= 0.3 is 0 Å². The van der Waals surface area contributed by atoms with E-state index in [0.717, 1.165) is 28.2 Å². The quantitative estimate of drug-likeness (QED) is 0.769. The lowest BCUT2D eigenvalue weighted by molar-refractivity contribution is 0.340. The predicted molar refractivity (Wildman–Crippen MR) is 82.2 cm³/mol. The topological polar surface area (TPSA) is 37.9 Å². The molecule has 3 aromatic rings. The molecule has 20 heavy (non-hydrogen) atoms. The van der Waals surface area contributed by atoms with Gasteiger partial charge in [-0.2, -0.15) is 0 Å². The van der Waals surface area contributed by atoms with Gasteiger partial charge in [-0.15, -0.1) is 0 Å². The summed E-state index contributed by atoms with van der Waals surface area (Å²) in [6.45, 7) is 6.87. The standard InChI is InChI=1S/C17H18N2O/c1-4-20-13-9-11(2)16(12(3)10-13)17-18-14-7-5-6-8-15(14)19-17/h5-10H,4H2,1-3H3,(H,18,19). The molecule has 0 saturated heterocycles. The van der Waals surface area contributed by atoms with Crippen LogP contribution < -0.4 is 4.74 Å². The van der Waals surface area contributed by atoms with E-state index >= 15 is 0 Å². The van der Waals surface area contributed by atoms with E-state index in [-0.39, 0.29) is 0 Å². The molecule has 102 valence electrons. The van der Waals surface area contributed by atoms with Crippen molar-refractivity contribution in [2.24, 2.45) is 0 Å². The Morgan fingerprint density at radius 1 is 1.10 bits per heavy atom. The Labute approximate surface area is 118 Å². The molecule has 1 aromatic heterocycles. The fraction of sp³-hybridized carbons (Fsp3) is 0.235. The van der Waals surface area contributed by atoms with Crippen molar-refractivity contribution in [2.45, 2.75) is 20.8 Å². The van der Waals surface area contributed by atoms with Crippen molar-refractivity contribution in [1.29, 1.82) is 0 Å². The Balaban J connectivity index is 2.13. The lowest BCUT2D eigenvalue weighted by Gasteiger charge is -2.11. The molecule has 0 aliphatic carbocycles. The molecule has 3 rings (SSSR count). The molecule has 0 spiro atoms. The van der Waals surface area contributed by atoms with Crippen molar-refractivity contribution in [3.05, 3.63) is 47.5 Å². The Morgan fingerprint density at radius 2 is 1.80 bits per heavy atom. The first-order valence-electron chi connectivity index (χ1n) is 6.88. The number of hydrogen-bond acceptors (Lipinski definition) is 2. The highest BCUT2D eigenvalue weighted by atomic mass is 16.5. The number of nitrogens with one attached hydrogen (secondary N) is 1. The van der Waals surface area contributed by atoms with Gasteiger partial charge in [0, 0.05) is 5.56 Å². The molecule has 0 aliphatic heterocycles. The van der Waals surface area contributed by atoms with Crippen molar-refractivity contribution >= 4 is 11.0 Å². The molecule has 0 unspecified atom stereocenters. The normalized spacial score (nSPS) is 10.9. The van der Waals surface area contributed by atoms with Gasteiger partial charge in [-0.1, -0.05) is 12.1 Å². The van der Waals surface area contributed by atoms with Crippen molar-refractivity contribution in [3.63, 3.8) is 0 Å². The number of hydrogen-bond donors (Lipinski definition) is 1. The van der Waals surface area contributed by atoms with Gasteiger partial charge in [0.15, 0.2) is 0 Å². The van der Waals surface area contributed by atoms with E-state index in [1.54, 1.807) is 0 Å². The van der Waals surface area contributed by atoms with Crippen LogP contribution in [0, 0.1) is 13.8 Å². The number of H-pyrrole nitrogens is 1. The highest BCUT2D eigenvalue weighted by molar-refractivity contribution is 5.80. The molecule has 0 aliphatic rings. The molecular weight excluding hydrogens is 248 g/mol. The maximum absolute atomic E-state index is 5.59. The second-order valence-corrected chi connectivity index (χ2v) is 4.97. The van der Waals surface area contributed by atoms with Gasteiger partial charge < -0.3 is 9.72 Å². The summed E-state index contributed by atoms with van der Waals surface area (Å²) < 4.78 is 5.59. The molecule has 3 heteroatoms. The zero-order chi connectivity index (χ0) is 14.1. The van der Waals surface area contributed by atoms with Crippen LogP contribution in [0.25, 0.3) is 22.4 Å². The third-order valence-electron chi connectivity index (χ3n) is 3.44. The van der Waals surface area contributed by atoms with E-state index in [0.29, 0.717) is 6.61 Å². The summed E-state index contributed by atoms with van der Waals surface area (Å²) in [5, 5.41) is 0. The summed E-state index contributed by atoms with van der Waals surface area (Å²) in [6.07, 6.45) is 0. The molecule has 2 aromatic carbocycles. The van der Waals surface area contributed by atoms with Crippen molar-refractivity contribution < 1.29 is 4.74 Å². The Kier molecular flexibility index (Phi) is 3.18. The van der Waals surface area contributed by atoms with E-state index in [4.69, 9.17) is 4.74 Å². The van der Waals surface area contributed by atoms with Gasteiger partial charge in [0.25, 0.3) is 0 Å². The fourth-order valence-corrected chi connectivity index (χ4v) is 2.62. The van der Waals surface area contributed by atoms with Gasteiger partial charge in [-0.25, -0.2) is 4.98 Å². The minimum absolute atomic E-state index is 0.683. The Hall–Kier alpha value is -2.29. The van der Waals surface area contributed by atoms with Crippen LogP contribution in [0.15, 0.2) is 36.4 Å². The first-order valence-corrected chi connectivity index (χ1v) is 6.88. The number of nitrogens with zero attached hydrogens (tertiary/aromatic N) is 1. The zero-order valence-corrected chi connectivity index (χ0v) is 12.0. The maximum Gasteiger partial charge on any atom is 0.139 e. The Morgan fingerprint density at radius 3 is 2.45 bits per heavy atom. The fourth-order valence-electron chi connectivity index (χ4n) is 2.62. The number of imidazole rings is 1. The summed E-state index contributed by atoms with van der Waals surface area (Å²) >= 11 is 0. The lowest BCUT2D eigenvalue weighted by Crippen LogP contribution is -1.96. The number of aromatic amines is 1. The van der Waals surface area contributed by atoms with E-state index in [9.17, 15) is 0 Å². The number of para-hydroxylation sites is 2. The third-order valence-corrected chi connectivity index (χ3v) is 3.44. The van der Waals surface area contributed by atoms with Gasteiger partial charge in [0.2, 0.25) is 0 Å². The number of aromatic nitrogens is 2. The highest BCUT2D eigenvalue weighted by Crippen LogP contribution is 2.30. The smallest absolute Gasteiger partial charge is 0.139 e. The lowest BCUT2D eigenvalue weighted by atomic mass is 10.0. The van der Waals surface area contributed by atoms with Gasteiger partial charge in [-0.3, -0.25) is 0 Å². The summed E-state index contributed by atoms with van der Waals surface area (Å²) in [7, 11) is 0. The maximum atomic E-state index is 5.59. The van der Waals surface area contributed by atoms with Crippen molar-refractivity contribution in [1.82, 2.24) is 9.97 Å². The second-order valence-electron chi connectivity index (χ2n) is 4.97. The number of fused-ring (bicyclic) bond motifs is 1. The SMILES string of the molecule is CCOc1cc(C)c(-c2nc3ccccc3[nH]2)c(C)c1. The molecule has 0 bridgehead atoms. The molecular formula is C17H18N2O. The summed E-state index contributed by atoms with van der Waals surface area (Å²) in [5.41, 5.74) is 5.56. The second kappa shape index (κ2) is 5.00. The van der Waals surface area contributed by atoms with Crippen molar-refractivity contribution in [2.75, 3.05) is 6.61 Å². The first-order chi connectivity index (χ1) is 9.69. The van der Waals surface area contributed by atoms with Gasteiger partial charge in [0.05, 0.1) is 17.6 Å². The third kappa shape index (κ3) is 2.16. The molecule has 0 amide bonds. The molecule has 0 saturated carbocycles. The summed E-state index contributed by atoms with van der Waals surface area (Å²) in [5.74, 6) is 1.84. The predicted octanol–water partition coefficient (Wildman–Crippen LogP) is 4.25. The van der Waals surface area contributed by atoms with Crippen LogP contribution in [0.3, 0.4) is 0 Å². The first kappa shape index (κ1) is 12.7. The van der Waals surface area contributed by atoms with Crippen LogP contribution in [0.5, 0.6) is 5.75 Å². The number of rotatable bonds is 3. The average Bonchev–Trinajstić information content (AvgIpc) is 2.81. The molecule has 0 fully saturated rings. The van der Waals surface area contributed by atoms with Gasteiger partial charge in [-0.05, 0) is 56.2 Å². The number of benzene rings is 2. The van der Waals surface area contributed by atoms with Crippen LogP contribution >= 0.6 is 0 Å². The molecule has 0 radical (unpaired) electrons. The minimum Gasteiger partial charge on any atom is -0.494 e. The zero-order valence-electron chi connectivity index (χ0n) is 12.0. The molecule has 0 atom stereocenters. The van der Waals surface area contributed by atoms with Crippen LogP contribution in [0.1, 0.15) is 18.1 Å². The van der Waals surface area contributed by atoms with E-state index in [2.05, 4.69) is 35.9 Å². The largest absolute Gasteiger partial charge is 0.494 e. The molecule has 3 nitrogen and oxygen atoms in total. The van der Waals surface area contributed by atoms with Crippen molar-refractivity contribution in [3.8, 4) is 17.1 Å². The monoisotopic (exact) mass is 266 g/mol. The van der Waals surface area contributed by atoms with Gasteiger partial charge in [0.1, 0.15) is 11.6 Å². The van der Waals surface area contributed by atoms with Crippen LogP contribution in [-0.2, 0) is 0 Å². The summed E-state index contributed by atoms with van der Waals surface area (Å²) in [6, 6.07) is 12.2. The Bertz CT molecular complexity index is 703. The van der Waals surface area contributed by atoms with E-state index < -0.39 is 0 Å². The summed E-state index contributed by atoms with van der Waals surface area (Å²) in [4.78, 5) is 8.08. The number of aryl methyl sites for hydroxylation is 2. The van der Waals surface area contributed by atoms with Crippen LogP contribution in [-0.4, -0.2) is 16.6 Å². The van der Waals surface area contributed by atoms with E-state index in [1.807, 2.05) is 31.2 Å². The minimum atomic E-state index is 0.683. The van der Waals surface area contributed by atoms with Crippen LogP contribution in [0.2, 0.25) is 0 Å². The molecule has 1 heterocycles. The van der Waals surface area contributed by atoms with Crippen LogP contribution in [0.4, 0.5) is 0 Å².